The van der Waals surface area contributed by atoms with E-state index in [1.54, 1.807) is 0 Å². The van der Waals surface area contributed by atoms with Crippen LogP contribution in [0.15, 0.2) is 30.3 Å². The number of anilines is 1. The van der Waals surface area contributed by atoms with Crippen molar-refractivity contribution in [2.24, 2.45) is 5.92 Å². The van der Waals surface area contributed by atoms with Crippen LogP contribution < -0.4 is 5.32 Å². The van der Waals surface area contributed by atoms with Gasteiger partial charge in [-0.1, -0.05) is 25.1 Å². The second-order valence-corrected chi connectivity index (χ2v) is 5.06. The van der Waals surface area contributed by atoms with E-state index < -0.39 is 0 Å². The molecule has 0 spiro atoms. The van der Waals surface area contributed by atoms with Crippen molar-refractivity contribution in [1.82, 2.24) is 4.90 Å². The number of amides is 2. The molecule has 2 rings (SSSR count). The fourth-order valence-electron chi connectivity index (χ4n) is 2.32. The van der Waals surface area contributed by atoms with Crippen molar-refractivity contribution < 1.29 is 9.59 Å². The van der Waals surface area contributed by atoms with Crippen molar-refractivity contribution in [3.05, 3.63) is 30.3 Å². The van der Waals surface area contributed by atoms with Crippen molar-refractivity contribution in [3.8, 4) is 0 Å². The number of carbonyl (C=O) groups is 2. The van der Waals surface area contributed by atoms with Gasteiger partial charge in [-0.25, -0.2) is 0 Å². The van der Waals surface area contributed by atoms with E-state index in [9.17, 15) is 9.59 Å². The summed E-state index contributed by atoms with van der Waals surface area (Å²) in [6.07, 6.45) is 1.24. The topological polar surface area (TPSA) is 49.4 Å². The van der Waals surface area contributed by atoms with Gasteiger partial charge in [-0.05, 0) is 25.5 Å². The lowest BCUT2D eigenvalue weighted by Crippen LogP contribution is -2.35. The van der Waals surface area contributed by atoms with Gasteiger partial charge in [0.1, 0.15) is 0 Å². The smallest absolute Gasteiger partial charge is 0.229 e. The molecule has 2 unspecified atom stereocenters. The molecule has 0 aliphatic carbocycles. The number of carbonyl (C=O) groups excluding carboxylic acids is 2. The first-order valence-electron chi connectivity index (χ1n) is 6.77. The zero-order chi connectivity index (χ0) is 13.8. The number of nitrogens with one attached hydrogen (secondary N) is 1. The van der Waals surface area contributed by atoms with Crippen LogP contribution in [0.5, 0.6) is 0 Å². The van der Waals surface area contributed by atoms with Crippen molar-refractivity contribution in [3.63, 3.8) is 0 Å². The lowest BCUT2D eigenvalue weighted by Gasteiger charge is -2.23. The summed E-state index contributed by atoms with van der Waals surface area (Å²) in [5.74, 6) is -0.213. The van der Waals surface area contributed by atoms with Crippen LogP contribution in [0.4, 0.5) is 5.69 Å². The Morgan fingerprint density at radius 3 is 2.74 bits per heavy atom. The number of para-hydroxylation sites is 1. The highest BCUT2D eigenvalue weighted by molar-refractivity contribution is 5.97. The maximum absolute atomic E-state index is 12.1. The number of rotatable bonds is 4. The predicted molar refractivity (Wildman–Crippen MR) is 74.6 cm³/mol. The van der Waals surface area contributed by atoms with E-state index >= 15 is 0 Å². The molecule has 1 aliphatic heterocycles. The van der Waals surface area contributed by atoms with Gasteiger partial charge in [0, 0.05) is 24.7 Å². The van der Waals surface area contributed by atoms with Crippen LogP contribution in [-0.2, 0) is 9.59 Å². The van der Waals surface area contributed by atoms with E-state index in [1.807, 2.05) is 42.2 Å². The van der Waals surface area contributed by atoms with E-state index in [0.717, 1.165) is 12.1 Å². The monoisotopic (exact) mass is 260 g/mol. The summed E-state index contributed by atoms with van der Waals surface area (Å²) in [6.45, 7) is 4.61. The fourth-order valence-corrected chi connectivity index (χ4v) is 2.32. The van der Waals surface area contributed by atoms with Crippen molar-refractivity contribution in [2.45, 2.75) is 32.7 Å². The SMILES string of the molecule is CCC(C)N1CC(C(=O)Nc2ccccc2)CC1=O. The molecule has 102 valence electrons. The van der Waals surface area contributed by atoms with Gasteiger partial charge in [0.15, 0.2) is 0 Å². The normalized spacial score (nSPS) is 20.4. The average molecular weight is 260 g/mol. The highest BCUT2D eigenvalue weighted by Gasteiger charge is 2.36. The summed E-state index contributed by atoms with van der Waals surface area (Å²) in [6, 6.07) is 9.56. The second-order valence-electron chi connectivity index (χ2n) is 5.06. The van der Waals surface area contributed by atoms with Gasteiger partial charge < -0.3 is 10.2 Å². The van der Waals surface area contributed by atoms with E-state index in [0.29, 0.717) is 13.0 Å². The van der Waals surface area contributed by atoms with Crippen molar-refractivity contribution in [1.29, 1.82) is 0 Å². The van der Waals surface area contributed by atoms with Crippen LogP contribution in [0.25, 0.3) is 0 Å². The summed E-state index contributed by atoms with van der Waals surface area (Å²) < 4.78 is 0. The first kappa shape index (κ1) is 13.6. The molecule has 19 heavy (non-hydrogen) atoms. The van der Waals surface area contributed by atoms with Crippen LogP contribution in [0.3, 0.4) is 0 Å². The molecular formula is C15H20N2O2. The molecule has 1 aromatic rings. The highest BCUT2D eigenvalue weighted by Crippen LogP contribution is 2.22. The number of benzene rings is 1. The standard InChI is InChI=1S/C15H20N2O2/c1-3-11(2)17-10-12(9-14(17)18)15(19)16-13-7-5-4-6-8-13/h4-8,11-12H,3,9-10H2,1-2H3,(H,16,19). The lowest BCUT2D eigenvalue weighted by molar-refractivity contribution is -0.129. The molecule has 1 heterocycles. The van der Waals surface area contributed by atoms with Crippen molar-refractivity contribution >= 4 is 17.5 Å². The molecule has 0 bridgehead atoms. The lowest BCUT2D eigenvalue weighted by atomic mass is 10.1. The number of hydrogen-bond acceptors (Lipinski definition) is 2. The zero-order valence-corrected chi connectivity index (χ0v) is 11.4. The molecule has 4 heteroatoms. The maximum atomic E-state index is 12.1. The molecule has 1 saturated heterocycles. The highest BCUT2D eigenvalue weighted by atomic mass is 16.2. The van der Waals surface area contributed by atoms with Gasteiger partial charge >= 0.3 is 0 Å². The number of hydrogen-bond donors (Lipinski definition) is 1. The van der Waals surface area contributed by atoms with Gasteiger partial charge in [-0.3, -0.25) is 9.59 Å². The minimum Gasteiger partial charge on any atom is -0.339 e. The molecule has 1 fully saturated rings. The quantitative estimate of drug-likeness (QED) is 0.902. The number of nitrogens with zero attached hydrogens (tertiary/aromatic N) is 1. The molecule has 1 aromatic carbocycles. The van der Waals surface area contributed by atoms with Gasteiger partial charge in [-0.2, -0.15) is 0 Å². The Morgan fingerprint density at radius 2 is 2.11 bits per heavy atom. The third-order valence-corrected chi connectivity index (χ3v) is 3.69. The summed E-state index contributed by atoms with van der Waals surface area (Å²) in [4.78, 5) is 25.8. The predicted octanol–water partition coefficient (Wildman–Crippen LogP) is 2.27. The molecule has 1 N–H and O–H groups in total. The van der Waals surface area contributed by atoms with Crippen LogP contribution >= 0.6 is 0 Å². The van der Waals surface area contributed by atoms with Crippen molar-refractivity contribution in [2.75, 3.05) is 11.9 Å². The first-order chi connectivity index (χ1) is 9.11. The Balaban J connectivity index is 1.97. The average Bonchev–Trinajstić information content (AvgIpc) is 2.81. The van der Waals surface area contributed by atoms with Crippen LogP contribution in [0, 0.1) is 5.92 Å². The van der Waals surface area contributed by atoms with Crippen LogP contribution in [0.1, 0.15) is 26.7 Å². The van der Waals surface area contributed by atoms with Gasteiger partial charge in [0.25, 0.3) is 0 Å². The fraction of sp³-hybridized carbons (Fsp3) is 0.467. The Morgan fingerprint density at radius 1 is 1.42 bits per heavy atom. The largest absolute Gasteiger partial charge is 0.339 e. The minimum absolute atomic E-state index is 0.0645. The zero-order valence-electron chi connectivity index (χ0n) is 11.4. The van der Waals surface area contributed by atoms with Gasteiger partial charge in [0.2, 0.25) is 11.8 Å². The molecule has 2 atom stereocenters. The minimum atomic E-state index is -0.235. The van der Waals surface area contributed by atoms with E-state index in [4.69, 9.17) is 0 Å². The number of likely N-dealkylation sites (tertiary alicyclic amines) is 1. The molecule has 0 saturated carbocycles. The van der Waals surface area contributed by atoms with Crippen LogP contribution in [0.2, 0.25) is 0 Å². The van der Waals surface area contributed by atoms with Gasteiger partial charge in [-0.15, -0.1) is 0 Å². The third-order valence-electron chi connectivity index (χ3n) is 3.69. The van der Waals surface area contributed by atoms with E-state index in [-0.39, 0.29) is 23.8 Å². The summed E-state index contributed by atoms with van der Waals surface area (Å²) in [5, 5.41) is 2.86. The molecular weight excluding hydrogens is 240 g/mol. The molecule has 4 nitrogen and oxygen atoms in total. The third kappa shape index (κ3) is 3.13. The molecule has 2 amide bonds. The maximum Gasteiger partial charge on any atom is 0.229 e. The molecule has 1 aliphatic rings. The Kier molecular flexibility index (Phi) is 4.20. The van der Waals surface area contributed by atoms with Gasteiger partial charge in [0.05, 0.1) is 5.92 Å². The van der Waals surface area contributed by atoms with Crippen LogP contribution in [-0.4, -0.2) is 29.3 Å². The summed E-state index contributed by atoms with van der Waals surface area (Å²) >= 11 is 0. The summed E-state index contributed by atoms with van der Waals surface area (Å²) in [5.41, 5.74) is 0.780. The van der Waals surface area contributed by atoms with E-state index in [2.05, 4.69) is 12.2 Å². The Labute approximate surface area is 113 Å². The molecule has 0 radical (unpaired) electrons. The molecule has 0 aromatic heterocycles. The summed E-state index contributed by atoms with van der Waals surface area (Å²) in [7, 11) is 0. The Bertz CT molecular complexity index is 458. The first-order valence-corrected chi connectivity index (χ1v) is 6.77. The van der Waals surface area contributed by atoms with E-state index in [1.165, 1.54) is 0 Å². The second kappa shape index (κ2) is 5.87. The Hall–Kier alpha value is -1.84.